The lowest BCUT2D eigenvalue weighted by Gasteiger charge is -2.23. The van der Waals surface area contributed by atoms with E-state index < -0.39 is 23.7 Å². The number of alkyl carbamates (subject to hydrolysis) is 1. The number of hydrogen-bond acceptors (Lipinski definition) is 5. The Labute approximate surface area is 223 Å². The van der Waals surface area contributed by atoms with Gasteiger partial charge in [0.1, 0.15) is 5.60 Å². The van der Waals surface area contributed by atoms with E-state index in [0.717, 1.165) is 5.56 Å². The van der Waals surface area contributed by atoms with E-state index >= 15 is 0 Å². The third kappa shape index (κ3) is 6.30. The second-order valence-electron chi connectivity index (χ2n) is 10.6. The van der Waals surface area contributed by atoms with Crippen LogP contribution in [0.3, 0.4) is 0 Å². The first kappa shape index (κ1) is 27.9. The monoisotopic (exact) mass is 541 g/mol. The topological polar surface area (TPSA) is 102 Å². The summed E-state index contributed by atoms with van der Waals surface area (Å²) < 4.78 is 46.5. The molecule has 0 radical (unpaired) electrons. The fourth-order valence-electron chi connectivity index (χ4n) is 4.29. The van der Waals surface area contributed by atoms with Gasteiger partial charge in [-0.25, -0.2) is 9.78 Å². The minimum absolute atomic E-state index is 0.0137. The zero-order valence-electron chi connectivity index (χ0n) is 22.3. The Morgan fingerprint density at radius 1 is 1.05 bits per heavy atom. The van der Waals surface area contributed by atoms with Crippen LogP contribution in [-0.4, -0.2) is 31.4 Å². The van der Waals surface area contributed by atoms with Crippen LogP contribution in [0.5, 0.6) is 0 Å². The highest BCUT2D eigenvalue weighted by Gasteiger charge is 2.35. The molecule has 39 heavy (non-hydrogen) atoms. The predicted molar refractivity (Wildman–Crippen MR) is 142 cm³/mol. The number of halogens is 3. The molecular formula is C28H30F3N5O3. The highest BCUT2D eigenvalue weighted by atomic mass is 19.4. The van der Waals surface area contributed by atoms with Crippen molar-refractivity contribution in [3.8, 4) is 22.5 Å². The van der Waals surface area contributed by atoms with Crippen molar-refractivity contribution < 1.29 is 22.7 Å². The number of fused-ring (bicyclic) bond motifs is 1. The Hall–Kier alpha value is -4.15. The maximum absolute atomic E-state index is 13.8. The summed E-state index contributed by atoms with van der Waals surface area (Å²) in [6.07, 6.45) is -5.32. The molecule has 0 bridgehead atoms. The van der Waals surface area contributed by atoms with Crippen molar-refractivity contribution in [3.63, 3.8) is 0 Å². The Kier molecular flexibility index (Phi) is 7.54. The first-order valence-corrected chi connectivity index (χ1v) is 12.5. The number of ether oxygens (including phenoxy) is 1. The van der Waals surface area contributed by atoms with Crippen LogP contribution in [-0.2, 0) is 24.0 Å². The summed E-state index contributed by atoms with van der Waals surface area (Å²) in [7, 11) is 0. The molecule has 0 aliphatic rings. The van der Waals surface area contributed by atoms with Crippen LogP contribution in [0.1, 0.15) is 46.1 Å². The van der Waals surface area contributed by atoms with Gasteiger partial charge < -0.3 is 14.6 Å². The number of rotatable bonds is 6. The molecule has 1 amide bonds. The quantitative estimate of drug-likeness (QED) is 0.305. The van der Waals surface area contributed by atoms with Crippen molar-refractivity contribution in [1.82, 2.24) is 25.1 Å². The van der Waals surface area contributed by atoms with Crippen molar-refractivity contribution >= 4 is 16.9 Å². The van der Waals surface area contributed by atoms with Crippen LogP contribution in [0.2, 0.25) is 0 Å². The molecule has 4 aromatic rings. The van der Waals surface area contributed by atoms with Gasteiger partial charge in [0.2, 0.25) is 5.82 Å². The average Bonchev–Trinajstić information content (AvgIpc) is 3.35. The number of alkyl halides is 3. The minimum atomic E-state index is -4.68. The second kappa shape index (κ2) is 10.5. The van der Waals surface area contributed by atoms with Gasteiger partial charge in [0.15, 0.2) is 5.82 Å². The van der Waals surface area contributed by atoms with Gasteiger partial charge in [-0.15, -0.1) is 0 Å². The molecule has 0 fully saturated rings. The molecule has 4 rings (SSSR count). The van der Waals surface area contributed by atoms with Crippen LogP contribution in [0.4, 0.5) is 18.0 Å². The molecule has 206 valence electrons. The number of carbonyl (C=O) groups is 1. The second-order valence-corrected chi connectivity index (χ2v) is 10.6. The summed E-state index contributed by atoms with van der Waals surface area (Å²) >= 11 is 0. The van der Waals surface area contributed by atoms with Crippen LogP contribution >= 0.6 is 0 Å². The Morgan fingerprint density at radius 2 is 1.74 bits per heavy atom. The van der Waals surface area contributed by atoms with E-state index in [1.165, 1.54) is 6.07 Å². The normalized spacial score (nSPS) is 12.2. The molecule has 2 aromatic heterocycles. The number of amides is 1. The highest BCUT2D eigenvalue weighted by Crippen LogP contribution is 2.34. The number of aromatic nitrogens is 4. The molecule has 0 aliphatic carbocycles. The number of nitrogens with one attached hydrogen (secondary N) is 2. The highest BCUT2D eigenvalue weighted by molar-refractivity contribution is 5.99. The molecule has 0 unspecified atom stereocenters. The molecule has 2 aromatic carbocycles. The third-order valence-electron chi connectivity index (χ3n) is 5.80. The molecule has 2 heterocycles. The molecule has 8 nitrogen and oxygen atoms in total. The SMILES string of the molecule is CC(C)Cn1c(CNC(=O)OC(C)(C)C)c(-c2ccccc2)c2cc(-c3n[nH]c(C(F)(F)F)n3)ccc2c1=O. The lowest BCUT2D eigenvalue weighted by Crippen LogP contribution is -2.35. The van der Waals surface area contributed by atoms with Gasteiger partial charge in [0.25, 0.3) is 5.56 Å². The maximum Gasteiger partial charge on any atom is 0.451 e. The predicted octanol–water partition coefficient (Wildman–Crippen LogP) is 6.15. The third-order valence-corrected chi connectivity index (χ3v) is 5.80. The van der Waals surface area contributed by atoms with Gasteiger partial charge in [-0.1, -0.05) is 50.2 Å². The number of aromatic amines is 1. The van der Waals surface area contributed by atoms with Crippen LogP contribution in [0, 0.1) is 5.92 Å². The van der Waals surface area contributed by atoms with E-state index in [0.29, 0.717) is 34.1 Å². The van der Waals surface area contributed by atoms with E-state index in [4.69, 9.17) is 4.74 Å². The summed E-state index contributed by atoms with van der Waals surface area (Å²) in [4.78, 5) is 29.9. The minimum Gasteiger partial charge on any atom is -0.444 e. The van der Waals surface area contributed by atoms with Crippen LogP contribution in [0.25, 0.3) is 33.3 Å². The van der Waals surface area contributed by atoms with Gasteiger partial charge in [-0.2, -0.15) is 18.3 Å². The first-order valence-electron chi connectivity index (χ1n) is 12.5. The van der Waals surface area contributed by atoms with E-state index in [1.807, 2.05) is 49.3 Å². The molecule has 11 heteroatoms. The molecule has 2 N–H and O–H groups in total. The Morgan fingerprint density at radius 3 is 2.33 bits per heavy atom. The fraction of sp³-hybridized carbons (Fsp3) is 0.357. The summed E-state index contributed by atoms with van der Waals surface area (Å²) in [5.74, 6) is -1.25. The summed E-state index contributed by atoms with van der Waals surface area (Å²) in [5, 5.41) is 9.32. The number of hydrogen-bond donors (Lipinski definition) is 2. The van der Waals surface area contributed by atoms with Crippen LogP contribution < -0.4 is 10.9 Å². The maximum atomic E-state index is 13.8. The Bertz CT molecular complexity index is 1550. The smallest absolute Gasteiger partial charge is 0.444 e. The number of pyridine rings is 1. The zero-order chi connectivity index (χ0) is 28.5. The number of H-pyrrole nitrogens is 1. The number of nitrogens with zero attached hydrogens (tertiary/aromatic N) is 3. The number of benzene rings is 2. The Balaban J connectivity index is 1.96. The van der Waals surface area contributed by atoms with E-state index in [9.17, 15) is 22.8 Å². The average molecular weight is 542 g/mol. The first-order chi connectivity index (χ1) is 18.2. The van der Waals surface area contributed by atoms with Crippen molar-refractivity contribution in [2.75, 3.05) is 0 Å². The molecule has 0 saturated carbocycles. The lowest BCUT2D eigenvalue weighted by molar-refractivity contribution is -0.144. The standard InChI is InChI=1S/C28H30F3N5O3/c1-16(2)15-36-21(14-32-26(38)39-27(3,4)5)22(17-9-7-6-8-10-17)20-13-18(11-12-19(20)24(36)37)23-33-25(35-34-23)28(29,30)31/h6-13,16H,14-15H2,1-5H3,(H,32,38)(H,33,34,35). The van der Waals surface area contributed by atoms with E-state index in [1.54, 1.807) is 37.5 Å². The summed E-state index contributed by atoms with van der Waals surface area (Å²) in [5.41, 5.74) is 1.28. The molecule has 0 aliphatic heterocycles. The summed E-state index contributed by atoms with van der Waals surface area (Å²) in [6, 6.07) is 14.0. The number of carbonyl (C=O) groups excluding carboxylic acids is 1. The molecule has 0 atom stereocenters. The van der Waals surface area contributed by atoms with Crippen LogP contribution in [0.15, 0.2) is 53.3 Å². The molecular weight excluding hydrogens is 511 g/mol. The van der Waals surface area contributed by atoms with E-state index in [2.05, 4.69) is 15.4 Å². The van der Waals surface area contributed by atoms with Gasteiger partial charge >= 0.3 is 12.3 Å². The van der Waals surface area contributed by atoms with Crippen molar-refractivity contribution in [3.05, 3.63) is 70.4 Å². The van der Waals surface area contributed by atoms with Gasteiger partial charge in [-0.3, -0.25) is 9.89 Å². The lowest BCUT2D eigenvalue weighted by atomic mass is 9.94. The van der Waals surface area contributed by atoms with Gasteiger partial charge in [-0.05, 0) is 49.8 Å². The van der Waals surface area contributed by atoms with Crippen molar-refractivity contribution in [1.29, 1.82) is 0 Å². The van der Waals surface area contributed by atoms with E-state index in [-0.39, 0.29) is 23.8 Å². The molecule has 0 saturated heterocycles. The van der Waals surface area contributed by atoms with Crippen molar-refractivity contribution in [2.24, 2.45) is 5.92 Å². The van der Waals surface area contributed by atoms with Gasteiger partial charge in [0.05, 0.1) is 6.54 Å². The largest absolute Gasteiger partial charge is 0.451 e. The summed E-state index contributed by atoms with van der Waals surface area (Å²) in [6.45, 7) is 9.59. The van der Waals surface area contributed by atoms with Gasteiger partial charge in [0, 0.05) is 28.8 Å². The fourth-order valence-corrected chi connectivity index (χ4v) is 4.29. The molecule has 0 spiro atoms. The van der Waals surface area contributed by atoms with Crippen molar-refractivity contribution in [2.45, 2.75) is 59.5 Å². The zero-order valence-corrected chi connectivity index (χ0v) is 22.3.